The molecular formula is C19H20N2O6. The summed E-state index contributed by atoms with van der Waals surface area (Å²) in [4.78, 5) is 28.9. The Morgan fingerprint density at radius 2 is 1.93 bits per heavy atom. The van der Waals surface area contributed by atoms with Crippen molar-refractivity contribution in [2.24, 2.45) is 0 Å². The van der Waals surface area contributed by atoms with Crippen molar-refractivity contribution in [3.63, 3.8) is 0 Å². The smallest absolute Gasteiger partial charge is 0.334 e. The summed E-state index contributed by atoms with van der Waals surface area (Å²) in [5, 5.41) is 9.08. The van der Waals surface area contributed by atoms with Crippen molar-refractivity contribution in [3.8, 4) is 17.4 Å². The van der Waals surface area contributed by atoms with Crippen LogP contribution in [0.15, 0.2) is 48.7 Å². The topological polar surface area (TPSA) is 98.2 Å². The highest BCUT2D eigenvalue weighted by atomic mass is 16.5. The van der Waals surface area contributed by atoms with Crippen LogP contribution in [-0.2, 0) is 14.3 Å². The first-order valence-corrected chi connectivity index (χ1v) is 8.49. The van der Waals surface area contributed by atoms with Crippen LogP contribution in [0.1, 0.15) is 6.92 Å². The number of hydrogen-bond acceptors (Lipinski definition) is 6. The second-order valence-corrected chi connectivity index (χ2v) is 6.10. The lowest BCUT2D eigenvalue weighted by Gasteiger charge is -2.34. The van der Waals surface area contributed by atoms with E-state index in [0.717, 1.165) is 0 Å². The van der Waals surface area contributed by atoms with E-state index in [1.807, 2.05) is 6.07 Å². The number of morpholine rings is 1. The van der Waals surface area contributed by atoms with Crippen molar-refractivity contribution >= 4 is 11.9 Å². The normalized spacial score (nSPS) is 19.4. The quantitative estimate of drug-likeness (QED) is 0.827. The standard InChI is InChI=1S/C19H20N2O6/c1-13-10-21(11-16(26-13)19(23)24)18(22)12-25-14-5-7-15(8-6-14)27-17-4-2-3-9-20-17/h2-9,13,16H,10-12H2,1H3,(H,23,24)/t13-,16?/m1/s1. The molecular weight excluding hydrogens is 352 g/mol. The number of carbonyl (C=O) groups excluding carboxylic acids is 1. The summed E-state index contributed by atoms with van der Waals surface area (Å²) >= 11 is 0. The molecule has 0 aliphatic carbocycles. The molecule has 1 amide bonds. The fourth-order valence-corrected chi connectivity index (χ4v) is 2.66. The Hall–Kier alpha value is -3.13. The van der Waals surface area contributed by atoms with Crippen molar-refractivity contribution in [2.75, 3.05) is 19.7 Å². The van der Waals surface area contributed by atoms with Crippen LogP contribution in [0.5, 0.6) is 17.4 Å². The molecule has 8 heteroatoms. The number of carboxylic acids is 1. The van der Waals surface area contributed by atoms with Gasteiger partial charge in [0, 0.05) is 18.8 Å². The molecule has 2 aromatic rings. The summed E-state index contributed by atoms with van der Waals surface area (Å²) in [6.45, 7) is 1.90. The molecule has 1 N–H and O–H groups in total. The van der Waals surface area contributed by atoms with E-state index in [0.29, 0.717) is 23.9 Å². The summed E-state index contributed by atoms with van der Waals surface area (Å²) in [6, 6.07) is 12.2. The number of carbonyl (C=O) groups is 2. The average molecular weight is 372 g/mol. The van der Waals surface area contributed by atoms with Crippen LogP contribution in [0.3, 0.4) is 0 Å². The Labute approximate surface area is 156 Å². The van der Waals surface area contributed by atoms with Gasteiger partial charge in [0.1, 0.15) is 11.5 Å². The third kappa shape index (κ3) is 5.18. The first kappa shape index (κ1) is 18.7. The van der Waals surface area contributed by atoms with E-state index in [-0.39, 0.29) is 25.2 Å². The van der Waals surface area contributed by atoms with Gasteiger partial charge >= 0.3 is 5.97 Å². The van der Waals surface area contributed by atoms with E-state index in [1.165, 1.54) is 4.90 Å². The van der Waals surface area contributed by atoms with Crippen LogP contribution in [0, 0.1) is 0 Å². The molecule has 1 aromatic carbocycles. The van der Waals surface area contributed by atoms with Gasteiger partial charge in [-0.15, -0.1) is 0 Å². The first-order chi connectivity index (χ1) is 13.0. The van der Waals surface area contributed by atoms with Gasteiger partial charge in [0.2, 0.25) is 5.88 Å². The average Bonchev–Trinajstić information content (AvgIpc) is 2.67. The molecule has 142 valence electrons. The zero-order valence-electron chi connectivity index (χ0n) is 14.8. The molecule has 27 heavy (non-hydrogen) atoms. The third-order valence-corrected chi connectivity index (χ3v) is 3.93. The van der Waals surface area contributed by atoms with Crippen LogP contribution in [0.4, 0.5) is 0 Å². The van der Waals surface area contributed by atoms with Crippen molar-refractivity contribution in [3.05, 3.63) is 48.7 Å². The van der Waals surface area contributed by atoms with E-state index in [1.54, 1.807) is 49.5 Å². The highest BCUT2D eigenvalue weighted by Gasteiger charge is 2.32. The van der Waals surface area contributed by atoms with Crippen LogP contribution in [-0.4, -0.2) is 58.8 Å². The lowest BCUT2D eigenvalue weighted by molar-refractivity contribution is -0.167. The number of carboxylic acid groups (broad SMARTS) is 1. The molecule has 0 spiro atoms. The maximum Gasteiger partial charge on any atom is 0.334 e. The summed E-state index contributed by atoms with van der Waals surface area (Å²) in [7, 11) is 0. The Morgan fingerprint density at radius 1 is 1.19 bits per heavy atom. The zero-order chi connectivity index (χ0) is 19.2. The van der Waals surface area contributed by atoms with Crippen molar-refractivity contribution < 1.29 is 28.9 Å². The molecule has 1 aliphatic heterocycles. The predicted molar refractivity (Wildman–Crippen MR) is 94.8 cm³/mol. The molecule has 1 aromatic heterocycles. The highest BCUT2D eigenvalue weighted by molar-refractivity contribution is 5.80. The SMILES string of the molecule is C[C@@H]1CN(C(=O)COc2ccc(Oc3ccccn3)cc2)CC(C(=O)O)O1. The van der Waals surface area contributed by atoms with E-state index in [9.17, 15) is 9.59 Å². The number of benzene rings is 1. The highest BCUT2D eigenvalue weighted by Crippen LogP contribution is 2.22. The summed E-state index contributed by atoms with van der Waals surface area (Å²) in [6.07, 6.45) is 0.285. The molecule has 0 saturated carbocycles. The second kappa shape index (κ2) is 8.50. The maximum atomic E-state index is 12.3. The molecule has 1 saturated heterocycles. The monoisotopic (exact) mass is 372 g/mol. The minimum atomic E-state index is -1.08. The van der Waals surface area contributed by atoms with Crippen LogP contribution >= 0.6 is 0 Å². The lowest BCUT2D eigenvalue weighted by atomic mass is 10.2. The van der Waals surface area contributed by atoms with E-state index < -0.39 is 12.1 Å². The van der Waals surface area contributed by atoms with Gasteiger partial charge in [-0.3, -0.25) is 4.79 Å². The Morgan fingerprint density at radius 3 is 2.59 bits per heavy atom. The molecule has 0 radical (unpaired) electrons. The minimum Gasteiger partial charge on any atom is -0.484 e. The van der Waals surface area contributed by atoms with Crippen LogP contribution in [0.25, 0.3) is 0 Å². The molecule has 3 rings (SSSR count). The third-order valence-electron chi connectivity index (χ3n) is 3.93. The molecule has 8 nitrogen and oxygen atoms in total. The summed E-state index contributed by atoms with van der Waals surface area (Å²) in [5.41, 5.74) is 0. The number of nitrogens with zero attached hydrogens (tertiary/aromatic N) is 2. The molecule has 1 aliphatic rings. The molecule has 2 atom stereocenters. The van der Waals surface area contributed by atoms with Crippen molar-refractivity contribution in [1.29, 1.82) is 0 Å². The van der Waals surface area contributed by atoms with Gasteiger partial charge in [0.15, 0.2) is 12.7 Å². The predicted octanol–water partition coefficient (Wildman–Crippen LogP) is 1.95. The molecule has 0 bridgehead atoms. The molecule has 1 fully saturated rings. The number of aromatic nitrogens is 1. The number of hydrogen-bond donors (Lipinski definition) is 1. The van der Waals surface area contributed by atoms with Gasteiger partial charge in [-0.1, -0.05) is 6.07 Å². The number of pyridine rings is 1. The first-order valence-electron chi connectivity index (χ1n) is 8.49. The summed E-state index contributed by atoms with van der Waals surface area (Å²) < 4.78 is 16.4. The van der Waals surface area contributed by atoms with Crippen molar-refractivity contribution in [2.45, 2.75) is 19.1 Å². The largest absolute Gasteiger partial charge is 0.484 e. The van der Waals surface area contributed by atoms with Gasteiger partial charge in [-0.2, -0.15) is 0 Å². The zero-order valence-corrected chi connectivity index (χ0v) is 14.8. The number of ether oxygens (including phenoxy) is 3. The van der Waals surface area contributed by atoms with Gasteiger partial charge < -0.3 is 24.2 Å². The van der Waals surface area contributed by atoms with Gasteiger partial charge in [-0.25, -0.2) is 9.78 Å². The van der Waals surface area contributed by atoms with Crippen LogP contribution in [0.2, 0.25) is 0 Å². The van der Waals surface area contributed by atoms with E-state index >= 15 is 0 Å². The number of amides is 1. The second-order valence-electron chi connectivity index (χ2n) is 6.10. The molecule has 1 unspecified atom stereocenters. The van der Waals surface area contributed by atoms with Gasteiger partial charge in [-0.05, 0) is 37.3 Å². The fourth-order valence-electron chi connectivity index (χ4n) is 2.66. The fraction of sp³-hybridized carbons (Fsp3) is 0.316. The number of rotatable bonds is 6. The van der Waals surface area contributed by atoms with E-state index in [4.69, 9.17) is 19.3 Å². The molecule has 2 heterocycles. The van der Waals surface area contributed by atoms with Crippen LogP contribution < -0.4 is 9.47 Å². The Balaban J connectivity index is 1.52. The minimum absolute atomic E-state index is 0.0126. The number of aliphatic carboxylic acids is 1. The Kier molecular flexibility index (Phi) is 5.87. The van der Waals surface area contributed by atoms with Crippen molar-refractivity contribution in [1.82, 2.24) is 9.88 Å². The lowest BCUT2D eigenvalue weighted by Crippen LogP contribution is -2.52. The Bertz CT molecular complexity index is 781. The maximum absolute atomic E-state index is 12.3. The van der Waals surface area contributed by atoms with E-state index in [2.05, 4.69) is 4.98 Å². The van der Waals surface area contributed by atoms with Gasteiger partial charge in [0.05, 0.1) is 12.6 Å². The summed E-state index contributed by atoms with van der Waals surface area (Å²) in [5.74, 6) is 0.219. The van der Waals surface area contributed by atoms with Gasteiger partial charge in [0.25, 0.3) is 5.91 Å².